The van der Waals surface area contributed by atoms with E-state index in [9.17, 15) is 20.2 Å². The Labute approximate surface area is 187 Å². The number of hydrogen-bond donors (Lipinski definition) is 0. The fourth-order valence-corrected chi connectivity index (χ4v) is 3.61. The number of rotatable bonds is 7. The average molecular weight is 451 g/mol. The molecule has 0 unspecified atom stereocenters. The number of methoxy groups -OCH3 is 2. The summed E-state index contributed by atoms with van der Waals surface area (Å²) >= 11 is 1.27. The average Bonchev–Trinajstić information content (AvgIpc) is 3.27. The van der Waals surface area contributed by atoms with Gasteiger partial charge in [-0.15, -0.1) is 11.3 Å². The van der Waals surface area contributed by atoms with Crippen molar-refractivity contribution < 1.29 is 23.9 Å². The number of carbonyl (C=O) groups excluding carboxylic acids is 1. The molecule has 0 fully saturated rings. The van der Waals surface area contributed by atoms with Gasteiger partial charge in [-0.25, -0.2) is 4.98 Å². The van der Waals surface area contributed by atoms with E-state index in [0.717, 1.165) is 0 Å². The van der Waals surface area contributed by atoms with Gasteiger partial charge in [0.05, 0.1) is 30.4 Å². The fourth-order valence-electron chi connectivity index (χ4n) is 2.82. The van der Waals surface area contributed by atoms with Crippen molar-refractivity contribution in [2.24, 2.45) is 0 Å². The van der Waals surface area contributed by atoms with E-state index >= 15 is 0 Å². The van der Waals surface area contributed by atoms with E-state index in [0.29, 0.717) is 27.4 Å². The van der Waals surface area contributed by atoms with Gasteiger partial charge in [0.1, 0.15) is 11.1 Å². The summed E-state index contributed by atoms with van der Waals surface area (Å²) in [4.78, 5) is 26.2. The summed E-state index contributed by atoms with van der Waals surface area (Å²) in [6.45, 7) is 1.27. The van der Waals surface area contributed by atoms with Crippen LogP contribution in [0, 0.1) is 21.4 Å². The van der Waals surface area contributed by atoms with E-state index in [1.165, 1.54) is 44.6 Å². The van der Waals surface area contributed by atoms with Gasteiger partial charge in [-0.1, -0.05) is 0 Å². The Kier molecular flexibility index (Phi) is 6.82. The normalized spacial score (nSPS) is 10.9. The number of carbonyl (C=O) groups is 1. The molecule has 0 radical (unpaired) electrons. The van der Waals surface area contributed by atoms with Crippen molar-refractivity contribution in [3.63, 3.8) is 0 Å². The summed E-state index contributed by atoms with van der Waals surface area (Å²) in [5, 5.41) is 22.8. The number of nitrogens with zero attached hydrogens (tertiary/aromatic N) is 3. The number of nitro groups is 1. The van der Waals surface area contributed by atoms with Gasteiger partial charge in [0.25, 0.3) is 5.69 Å². The molecule has 0 N–H and O–H groups in total. The molecular weight excluding hydrogens is 434 g/mol. The Bertz CT molecular complexity index is 1220. The molecule has 9 nitrogen and oxygen atoms in total. The predicted molar refractivity (Wildman–Crippen MR) is 119 cm³/mol. The number of allylic oxidation sites excluding steroid dienone is 1. The summed E-state index contributed by atoms with van der Waals surface area (Å²) in [5.41, 5.74) is 2.17. The molecule has 1 heterocycles. The Hall–Kier alpha value is -4.23. The van der Waals surface area contributed by atoms with Gasteiger partial charge in [0.15, 0.2) is 11.5 Å². The molecule has 0 aliphatic heterocycles. The summed E-state index contributed by atoms with van der Waals surface area (Å²) in [6, 6.07) is 11.4. The molecule has 162 valence electrons. The van der Waals surface area contributed by atoms with Crippen LogP contribution in [0.15, 0.2) is 41.8 Å². The minimum atomic E-state index is -0.524. The monoisotopic (exact) mass is 451 g/mol. The van der Waals surface area contributed by atoms with E-state index in [1.54, 1.807) is 35.7 Å². The van der Waals surface area contributed by atoms with E-state index in [1.807, 2.05) is 0 Å². The first-order valence-electron chi connectivity index (χ1n) is 9.13. The molecule has 0 saturated heterocycles. The smallest absolute Gasteiger partial charge is 0.308 e. The van der Waals surface area contributed by atoms with Crippen LogP contribution in [0.1, 0.15) is 17.5 Å². The van der Waals surface area contributed by atoms with Crippen molar-refractivity contribution in [1.82, 2.24) is 4.98 Å². The minimum absolute atomic E-state index is 0.0121. The number of thiazole rings is 1. The van der Waals surface area contributed by atoms with Gasteiger partial charge >= 0.3 is 5.97 Å². The van der Waals surface area contributed by atoms with Crippen molar-refractivity contribution in [2.45, 2.75) is 6.92 Å². The second kappa shape index (κ2) is 9.72. The number of hydrogen-bond acceptors (Lipinski definition) is 9. The van der Waals surface area contributed by atoms with Crippen LogP contribution in [0.4, 0.5) is 5.69 Å². The first-order valence-corrected chi connectivity index (χ1v) is 10.0. The van der Waals surface area contributed by atoms with E-state index < -0.39 is 10.9 Å². The molecule has 10 heteroatoms. The zero-order chi connectivity index (χ0) is 23.3. The molecule has 0 spiro atoms. The largest absolute Gasteiger partial charge is 0.493 e. The van der Waals surface area contributed by atoms with Crippen molar-refractivity contribution in [3.8, 4) is 34.6 Å². The number of nitriles is 1. The highest BCUT2D eigenvalue weighted by molar-refractivity contribution is 7.11. The third-order valence-electron chi connectivity index (χ3n) is 4.27. The number of aromatic nitrogens is 1. The second-order valence-electron chi connectivity index (χ2n) is 6.36. The lowest BCUT2D eigenvalue weighted by Crippen LogP contribution is -2.05. The van der Waals surface area contributed by atoms with Crippen LogP contribution in [0.2, 0.25) is 0 Å². The number of non-ortho nitro benzene ring substituents is 1. The Morgan fingerprint density at radius 1 is 1.19 bits per heavy atom. The number of benzene rings is 2. The molecule has 0 aliphatic carbocycles. The third kappa shape index (κ3) is 4.91. The highest BCUT2D eigenvalue weighted by atomic mass is 32.1. The van der Waals surface area contributed by atoms with Crippen LogP contribution in [0.5, 0.6) is 17.2 Å². The zero-order valence-electron chi connectivity index (χ0n) is 17.3. The molecule has 0 aliphatic rings. The summed E-state index contributed by atoms with van der Waals surface area (Å²) in [7, 11) is 2.86. The quantitative estimate of drug-likeness (QED) is 0.166. The highest BCUT2D eigenvalue weighted by Gasteiger charge is 2.17. The van der Waals surface area contributed by atoms with Gasteiger partial charge in [-0.3, -0.25) is 14.9 Å². The molecule has 3 aromatic rings. The highest BCUT2D eigenvalue weighted by Crippen LogP contribution is 2.40. The van der Waals surface area contributed by atoms with Gasteiger partial charge in [0, 0.05) is 30.0 Å². The summed E-state index contributed by atoms with van der Waals surface area (Å²) < 4.78 is 15.8. The Morgan fingerprint density at radius 2 is 1.81 bits per heavy atom. The van der Waals surface area contributed by atoms with Crippen LogP contribution >= 0.6 is 11.3 Å². The predicted octanol–water partition coefficient (Wildman–Crippen LogP) is 4.72. The van der Waals surface area contributed by atoms with E-state index in [2.05, 4.69) is 11.1 Å². The number of esters is 1. The second-order valence-corrected chi connectivity index (χ2v) is 7.22. The lowest BCUT2D eigenvalue weighted by molar-refractivity contribution is -0.384. The van der Waals surface area contributed by atoms with Gasteiger partial charge in [0.2, 0.25) is 5.75 Å². The maximum Gasteiger partial charge on any atom is 0.308 e. The van der Waals surface area contributed by atoms with E-state index in [-0.39, 0.29) is 22.9 Å². The fraction of sp³-hybridized carbons (Fsp3) is 0.136. The lowest BCUT2D eigenvalue weighted by atomic mass is 10.1. The molecule has 32 heavy (non-hydrogen) atoms. The Morgan fingerprint density at radius 3 is 2.31 bits per heavy atom. The molecule has 0 saturated carbocycles. The Balaban J connectivity index is 1.97. The maximum absolute atomic E-state index is 11.4. The summed E-state index contributed by atoms with van der Waals surface area (Å²) in [5.74, 6) is 0.166. The number of nitro benzene ring substituents is 1. The molecule has 3 rings (SSSR count). The molecule has 0 atom stereocenters. The molecule has 0 amide bonds. The van der Waals surface area contributed by atoms with Gasteiger partial charge in [-0.05, 0) is 35.9 Å². The van der Waals surface area contributed by atoms with Crippen LogP contribution in [-0.2, 0) is 4.79 Å². The molecular formula is C22H17N3O6S. The molecule has 1 aromatic heterocycles. The first-order chi connectivity index (χ1) is 15.4. The number of ether oxygens (including phenoxy) is 3. The van der Waals surface area contributed by atoms with Crippen molar-refractivity contribution in [3.05, 3.63) is 62.5 Å². The van der Waals surface area contributed by atoms with Crippen LogP contribution in [-0.4, -0.2) is 30.1 Å². The lowest BCUT2D eigenvalue weighted by Gasteiger charge is -2.13. The van der Waals surface area contributed by atoms with Crippen molar-refractivity contribution >= 4 is 34.6 Å². The standard InChI is InChI=1S/C22H17N3O6S/c1-13(26)31-21-19(29-2)9-14(10-20(21)30-3)8-16(11-23)22-24-18(12-32-22)15-4-6-17(7-5-15)25(27)28/h4-10,12H,1-3H3/b16-8+. The topological polar surface area (TPSA) is 125 Å². The SMILES string of the molecule is COc1cc(/C=C(\C#N)c2nc(-c3ccc([N+](=O)[O-])cc3)cs2)cc(OC)c1OC(C)=O. The van der Waals surface area contributed by atoms with Gasteiger partial charge in [-0.2, -0.15) is 5.26 Å². The van der Waals surface area contributed by atoms with Crippen LogP contribution in [0.25, 0.3) is 22.9 Å². The van der Waals surface area contributed by atoms with Crippen LogP contribution in [0.3, 0.4) is 0 Å². The maximum atomic E-state index is 11.4. The third-order valence-corrected chi connectivity index (χ3v) is 5.14. The summed E-state index contributed by atoms with van der Waals surface area (Å²) in [6.07, 6.45) is 1.61. The van der Waals surface area contributed by atoms with E-state index in [4.69, 9.17) is 14.2 Å². The van der Waals surface area contributed by atoms with Crippen molar-refractivity contribution in [1.29, 1.82) is 5.26 Å². The van der Waals surface area contributed by atoms with Crippen LogP contribution < -0.4 is 14.2 Å². The zero-order valence-corrected chi connectivity index (χ0v) is 18.1. The molecule has 2 aromatic carbocycles. The van der Waals surface area contributed by atoms with Crippen molar-refractivity contribution in [2.75, 3.05) is 14.2 Å². The minimum Gasteiger partial charge on any atom is -0.493 e. The molecule has 0 bridgehead atoms. The van der Waals surface area contributed by atoms with Gasteiger partial charge < -0.3 is 14.2 Å². The first kappa shape index (κ1) is 22.5.